The second kappa shape index (κ2) is 5.30. The smallest absolute Gasteiger partial charge is 1.00 e. The van der Waals surface area contributed by atoms with E-state index in [4.69, 9.17) is 0 Å². The Bertz CT molecular complexity index is 523. The summed E-state index contributed by atoms with van der Waals surface area (Å²) in [7, 11) is 0. The predicted molar refractivity (Wildman–Crippen MR) is 63.9 cm³/mol. The Labute approximate surface area is 119 Å². The summed E-state index contributed by atoms with van der Waals surface area (Å²) >= 11 is 1.83. The Morgan fingerprint density at radius 3 is 2.53 bits per heavy atom. The minimum absolute atomic E-state index is 0. The van der Waals surface area contributed by atoms with E-state index in [0.29, 0.717) is 0 Å². The van der Waals surface area contributed by atoms with Gasteiger partial charge in [-0.3, -0.25) is 0 Å². The first-order chi connectivity index (χ1) is 6.45. The Morgan fingerprint density at radius 2 is 1.67 bits per heavy atom. The Kier molecular flexibility index (Phi) is 4.58. The molecule has 0 unspecified atom stereocenters. The number of hydrogen-bond donors (Lipinski definition) is 0. The van der Waals surface area contributed by atoms with Crippen molar-refractivity contribution in [1.29, 1.82) is 0 Å². The monoisotopic (exact) mass is 286 g/mol. The van der Waals surface area contributed by atoms with Crippen molar-refractivity contribution in [2.75, 3.05) is 0 Å². The molecule has 0 saturated heterocycles. The average Bonchev–Trinajstić information content (AvgIpc) is 2.56. The first-order valence-corrected chi connectivity index (χ1v) is 5.05. The quantitative estimate of drug-likeness (QED) is 0.417. The number of hydrogen-bond acceptors (Lipinski definition) is 1. The van der Waals surface area contributed by atoms with Crippen molar-refractivity contribution in [2.45, 2.75) is 0 Å². The van der Waals surface area contributed by atoms with Gasteiger partial charge < -0.3 is 17.0 Å². The van der Waals surface area contributed by atoms with Crippen molar-refractivity contribution in [3.63, 3.8) is 0 Å². The summed E-state index contributed by atoms with van der Waals surface area (Å²) in [5.74, 6) is 0. The molecule has 0 saturated carbocycles. The number of thiophene rings is 1. The zero-order valence-electron chi connectivity index (χ0n) is 8.03. The number of halogens is 1. The summed E-state index contributed by atoms with van der Waals surface area (Å²) in [6.45, 7) is 0. The molecule has 0 aliphatic heterocycles. The molecule has 0 spiro atoms. The van der Waals surface area contributed by atoms with Crippen LogP contribution >= 0.6 is 11.3 Å². The van der Waals surface area contributed by atoms with Crippen LogP contribution in [0.2, 0.25) is 0 Å². The fraction of sp³-hybridized carbons (Fsp3) is 0. The number of rotatable bonds is 0. The Balaban J connectivity index is 0.000000562. The van der Waals surface area contributed by atoms with Gasteiger partial charge in [0, 0.05) is 0 Å². The van der Waals surface area contributed by atoms with E-state index in [1.165, 1.54) is 20.2 Å². The van der Waals surface area contributed by atoms with Gasteiger partial charge >= 0.3 is 23.1 Å². The van der Waals surface area contributed by atoms with E-state index < -0.39 is 0 Å². The van der Waals surface area contributed by atoms with Crippen molar-refractivity contribution < 1.29 is 17.0 Å². The van der Waals surface area contributed by atoms with Gasteiger partial charge in [-0.1, -0.05) is 34.4 Å². The van der Waals surface area contributed by atoms with E-state index in [1.54, 1.807) is 0 Å². The molecule has 0 bridgehead atoms. The van der Waals surface area contributed by atoms with Crippen LogP contribution in [0, 0.1) is 6.07 Å². The summed E-state index contributed by atoms with van der Waals surface area (Å²) in [5, 5.41) is 2.58. The fourth-order valence-corrected chi connectivity index (χ4v) is 2.68. The summed E-state index contributed by atoms with van der Waals surface area (Å²) < 4.78 is 2.67. The molecule has 3 heteroatoms. The maximum atomic E-state index is 3.28. The average molecular weight is 287 g/mol. The van der Waals surface area contributed by atoms with Crippen molar-refractivity contribution in [1.82, 2.24) is 0 Å². The van der Waals surface area contributed by atoms with Crippen LogP contribution in [0.5, 0.6) is 0 Å². The fourth-order valence-electron chi connectivity index (χ4n) is 1.60. The minimum Gasteiger partial charge on any atom is -1.00 e. The third kappa shape index (κ3) is 2.20. The van der Waals surface area contributed by atoms with E-state index in [1.807, 2.05) is 23.5 Å². The van der Waals surface area contributed by atoms with E-state index >= 15 is 0 Å². The van der Waals surface area contributed by atoms with Gasteiger partial charge in [-0.05, 0) is 4.70 Å². The van der Waals surface area contributed by atoms with Crippen LogP contribution in [0.25, 0.3) is 20.2 Å². The molecule has 1 aromatic heterocycles. The maximum absolute atomic E-state index is 3.28. The van der Waals surface area contributed by atoms with Gasteiger partial charge in [0.1, 0.15) is 0 Å². The normalized spacial score (nSPS) is 9.60. The van der Waals surface area contributed by atoms with E-state index in [-0.39, 0.29) is 40.0 Å². The van der Waals surface area contributed by atoms with Gasteiger partial charge in [0.15, 0.2) is 0 Å². The molecular formula is C12H7BrMgS. The van der Waals surface area contributed by atoms with Crippen LogP contribution in [0.15, 0.2) is 42.5 Å². The Hall–Kier alpha value is -0.0938. The maximum Gasteiger partial charge on any atom is 2.00 e. The zero-order valence-corrected chi connectivity index (χ0v) is 11.9. The molecule has 2 aromatic carbocycles. The topological polar surface area (TPSA) is 0 Å². The molecule has 0 radical (unpaired) electrons. The second-order valence-corrected chi connectivity index (χ2v) is 4.09. The molecule has 3 rings (SSSR count). The van der Waals surface area contributed by atoms with Crippen molar-refractivity contribution >= 4 is 54.6 Å². The van der Waals surface area contributed by atoms with Crippen LogP contribution in [-0.2, 0) is 0 Å². The molecule has 15 heavy (non-hydrogen) atoms. The summed E-state index contributed by atoms with van der Waals surface area (Å²) in [4.78, 5) is 0. The molecule has 0 N–H and O–H groups in total. The molecule has 70 valence electrons. The number of benzene rings is 2. The van der Waals surface area contributed by atoms with Gasteiger partial charge in [0.05, 0.1) is 0 Å². The van der Waals surface area contributed by atoms with Gasteiger partial charge in [0.25, 0.3) is 0 Å². The van der Waals surface area contributed by atoms with Crippen LogP contribution in [0.4, 0.5) is 0 Å². The van der Waals surface area contributed by atoms with Gasteiger partial charge in [-0.2, -0.15) is 11.3 Å². The number of fused-ring (bicyclic) bond motifs is 3. The molecule has 0 fully saturated rings. The molecule has 0 aliphatic carbocycles. The molecule has 3 aromatic rings. The van der Waals surface area contributed by atoms with Crippen molar-refractivity contribution in [3.8, 4) is 0 Å². The summed E-state index contributed by atoms with van der Waals surface area (Å²) in [5.41, 5.74) is 0. The van der Waals surface area contributed by atoms with Gasteiger partial charge in [-0.15, -0.1) is 29.7 Å². The predicted octanol–water partition coefficient (Wildman–Crippen LogP) is 0.478. The second-order valence-electron chi connectivity index (χ2n) is 3.01. The standard InChI is InChI=1S/C12H7S.BrH.Mg/c1-3-7-11-9(5-1)10-6-2-4-8-12(10)13-11;;/h1-5,7-8H;1H;/q-1;;+2/p-1. The molecule has 0 amide bonds. The van der Waals surface area contributed by atoms with Crippen molar-refractivity contribution in [3.05, 3.63) is 48.5 Å². The first kappa shape index (κ1) is 13.0. The largest absolute Gasteiger partial charge is 2.00 e. The van der Waals surface area contributed by atoms with Gasteiger partial charge in [-0.25, -0.2) is 0 Å². The van der Waals surface area contributed by atoms with E-state index in [0.717, 1.165) is 0 Å². The summed E-state index contributed by atoms with van der Waals surface area (Å²) in [6, 6.07) is 17.9. The first-order valence-electron chi connectivity index (χ1n) is 4.23. The van der Waals surface area contributed by atoms with Crippen LogP contribution in [0.3, 0.4) is 0 Å². The van der Waals surface area contributed by atoms with E-state index in [2.05, 4.69) is 36.4 Å². The van der Waals surface area contributed by atoms with E-state index in [9.17, 15) is 0 Å². The van der Waals surface area contributed by atoms with Crippen molar-refractivity contribution in [2.24, 2.45) is 0 Å². The minimum atomic E-state index is 0. The third-order valence-corrected chi connectivity index (χ3v) is 3.33. The molecule has 0 nitrogen and oxygen atoms in total. The molecule has 0 atom stereocenters. The van der Waals surface area contributed by atoms with Crippen LogP contribution in [-0.4, -0.2) is 23.1 Å². The van der Waals surface area contributed by atoms with Crippen LogP contribution < -0.4 is 17.0 Å². The third-order valence-electron chi connectivity index (χ3n) is 2.19. The SMILES string of the molecule is [Br-].[Mg+2].[c-]1cccc2sc3ccccc3c12. The van der Waals surface area contributed by atoms with Gasteiger partial charge in [0.2, 0.25) is 0 Å². The Morgan fingerprint density at radius 1 is 0.933 bits per heavy atom. The van der Waals surface area contributed by atoms with Crippen LogP contribution in [0.1, 0.15) is 0 Å². The summed E-state index contributed by atoms with van der Waals surface area (Å²) in [6.07, 6.45) is 0. The zero-order chi connectivity index (χ0) is 8.67. The molecule has 0 aliphatic rings. The molecule has 1 heterocycles. The molecular weight excluding hydrogens is 280 g/mol.